The predicted molar refractivity (Wildman–Crippen MR) is 79.6 cm³/mol. The number of aromatic nitrogens is 2. The van der Waals surface area contributed by atoms with E-state index in [0.717, 1.165) is 36.7 Å². The average molecular weight is 289 g/mol. The zero-order valence-corrected chi connectivity index (χ0v) is 12.4. The maximum Gasteiger partial charge on any atom is 0.229 e. The largest absolute Gasteiger partial charge is 0.339 e. The van der Waals surface area contributed by atoms with E-state index in [1.807, 2.05) is 0 Å². The van der Waals surface area contributed by atoms with Gasteiger partial charge in [0.05, 0.1) is 5.75 Å². The van der Waals surface area contributed by atoms with Gasteiger partial charge in [0.15, 0.2) is 5.82 Å². The van der Waals surface area contributed by atoms with E-state index in [-0.39, 0.29) is 6.04 Å². The predicted octanol–water partition coefficient (Wildman–Crippen LogP) is 3.27. The third-order valence-electron chi connectivity index (χ3n) is 3.76. The third kappa shape index (κ3) is 3.04. The summed E-state index contributed by atoms with van der Waals surface area (Å²) in [6.45, 7) is 2.11. The van der Waals surface area contributed by atoms with Gasteiger partial charge in [-0.05, 0) is 37.8 Å². The molecule has 1 saturated carbocycles. The summed E-state index contributed by atoms with van der Waals surface area (Å²) >= 11 is 1.75. The van der Waals surface area contributed by atoms with Crippen LogP contribution in [0.3, 0.4) is 0 Å². The lowest BCUT2D eigenvalue weighted by molar-refractivity contribution is 0.350. The summed E-state index contributed by atoms with van der Waals surface area (Å²) in [6, 6.07) is 8.63. The lowest BCUT2D eigenvalue weighted by Gasteiger charge is -2.02. The Labute approximate surface area is 123 Å². The van der Waals surface area contributed by atoms with Crippen LogP contribution in [0.2, 0.25) is 0 Å². The first-order chi connectivity index (χ1) is 9.72. The van der Waals surface area contributed by atoms with Gasteiger partial charge < -0.3 is 10.3 Å². The third-order valence-corrected chi connectivity index (χ3v) is 4.93. The summed E-state index contributed by atoms with van der Waals surface area (Å²) in [7, 11) is 0. The minimum atomic E-state index is 0.289. The van der Waals surface area contributed by atoms with Gasteiger partial charge in [0.2, 0.25) is 5.89 Å². The van der Waals surface area contributed by atoms with E-state index in [4.69, 9.17) is 10.3 Å². The zero-order chi connectivity index (χ0) is 13.9. The number of hydrogen-bond donors (Lipinski definition) is 1. The zero-order valence-electron chi connectivity index (χ0n) is 11.6. The van der Waals surface area contributed by atoms with Crippen molar-refractivity contribution in [3.05, 3.63) is 41.5 Å². The molecule has 5 heteroatoms. The minimum absolute atomic E-state index is 0.289. The monoisotopic (exact) mass is 289 g/mol. The van der Waals surface area contributed by atoms with Crippen LogP contribution in [0.1, 0.15) is 42.5 Å². The van der Waals surface area contributed by atoms with Gasteiger partial charge in [0.1, 0.15) is 0 Å². The first-order valence-corrected chi connectivity index (χ1v) is 7.97. The smallest absolute Gasteiger partial charge is 0.229 e. The van der Waals surface area contributed by atoms with Crippen molar-refractivity contribution in [3.8, 4) is 0 Å². The van der Waals surface area contributed by atoms with Crippen LogP contribution in [0.5, 0.6) is 0 Å². The number of aryl methyl sites for hydroxylation is 1. The van der Waals surface area contributed by atoms with Crippen LogP contribution in [0.25, 0.3) is 0 Å². The Hall–Kier alpha value is -1.33. The van der Waals surface area contributed by atoms with Crippen LogP contribution in [0.4, 0.5) is 0 Å². The molecular formula is C15H19N3OS. The van der Waals surface area contributed by atoms with Crippen LogP contribution < -0.4 is 5.73 Å². The summed E-state index contributed by atoms with van der Waals surface area (Å²) in [4.78, 5) is 5.78. The molecule has 3 rings (SSSR count). The van der Waals surface area contributed by atoms with Gasteiger partial charge in [-0.3, -0.25) is 0 Å². The molecule has 2 aromatic rings. The molecule has 0 amide bonds. The van der Waals surface area contributed by atoms with Gasteiger partial charge >= 0.3 is 0 Å². The van der Waals surface area contributed by atoms with Gasteiger partial charge in [-0.15, -0.1) is 11.8 Å². The Morgan fingerprint density at radius 1 is 1.35 bits per heavy atom. The van der Waals surface area contributed by atoms with Crippen LogP contribution in [0, 0.1) is 6.92 Å². The lowest BCUT2D eigenvalue weighted by atomic mass is 10.1. The molecule has 4 nitrogen and oxygen atoms in total. The summed E-state index contributed by atoms with van der Waals surface area (Å²) in [5.74, 6) is 2.63. The molecule has 0 aliphatic heterocycles. The number of benzene rings is 1. The number of thioether (sulfide) groups is 1. The Kier molecular flexibility index (Phi) is 4.08. The number of hydrogen-bond acceptors (Lipinski definition) is 5. The van der Waals surface area contributed by atoms with Crippen molar-refractivity contribution in [3.63, 3.8) is 0 Å². The van der Waals surface area contributed by atoms with Crippen molar-refractivity contribution in [1.82, 2.24) is 10.1 Å². The van der Waals surface area contributed by atoms with Crippen LogP contribution in [0.15, 0.2) is 33.7 Å². The topological polar surface area (TPSA) is 64.9 Å². The average Bonchev–Trinajstić information content (AvgIpc) is 3.06. The fourth-order valence-electron chi connectivity index (χ4n) is 2.59. The molecule has 0 radical (unpaired) electrons. The Bertz CT molecular complexity index is 584. The Morgan fingerprint density at radius 3 is 2.95 bits per heavy atom. The normalized spacial score (nSPS) is 22.3. The molecule has 0 unspecified atom stereocenters. The highest BCUT2D eigenvalue weighted by atomic mass is 32.2. The van der Waals surface area contributed by atoms with E-state index in [9.17, 15) is 0 Å². The van der Waals surface area contributed by atoms with Gasteiger partial charge in [-0.2, -0.15) is 4.98 Å². The Balaban J connectivity index is 1.62. The molecule has 2 atom stereocenters. The number of rotatable bonds is 4. The molecule has 1 aliphatic carbocycles. The minimum Gasteiger partial charge on any atom is -0.339 e. The van der Waals surface area contributed by atoms with Crippen LogP contribution in [-0.4, -0.2) is 16.2 Å². The highest BCUT2D eigenvalue weighted by Crippen LogP contribution is 2.33. The van der Waals surface area contributed by atoms with E-state index in [1.54, 1.807) is 11.8 Å². The summed E-state index contributed by atoms with van der Waals surface area (Å²) in [5.41, 5.74) is 7.21. The summed E-state index contributed by atoms with van der Waals surface area (Å²) in [6.07, 6.45) is 3.08. The molecule has 2 N–H and O–H groups in total. The molecule has 106 valence electrons. The quantitative estimate of drug-likeness (QED) is 0.875. The molecule has 1 heterocycles. The van der Waals surface area contributed by atoms with Gasteiger partial charge in [-0.1, -0.05) is 23.4 Å². The molecule has 0 bridgehead atoms. The van der Waals surface area contributed by atoms with Crippen molar-refractivity contribution in [2.24, 2.45) is 5.73 Å². The second kappa shape index (κ2) is 5.97. The van der Waals surface area contributed by atoms with Crippen molar-refractivity contribution in [2.45, 2.75) is 48.8 Å². The van der Waals surface area contributed by atoms with Gasteiger partial charge in [0.25, 0.3) is 0 Å². The van der Waals surface area contributed by atoms with Gasteiger partial charge in [0, 0.05) is 16.9 Å². The molecule has 1 aromatic carbocycles. The molecule has 0 spiro atoms. The number of nitrogens with zero attached hydrogens (tertiary/aromatic N) is 2. The van der Waals surface area contributed by atoms with E-state index < -0.39 is 0 Å². The van der Waals surface area contributed by atoms with Crippen molar-refractivity contribution >= 4 is 11.8 Å². The fraction of sp³-hybridized carbons (Fsp3) is 0.467. The maximum absolute atomic E-state index is 5.93. The molecular weight excluding hydrogens is 270 g/mol. The van der Waals surface area contributed by atoms with E-state index in [1.165, 1.54) is 10.5 Å². The first kappa shape index (κ1) is 13.6. The summed E-state index contributed by atoms with van der Waals surface area (Å²) in [5, 5.41) is 4.08. The van der Waals surface area contributed by atoms with Crippen molar-refractivity contribution < 1.29 is 4.52 Å². The second-order valence-corrected chi connectivity index (χ2v) is 6.39. The van der Waals surface area contributed by atoms with E-state index >= 15 is 0 Å². The summed E-state index contributed by atoms with van der Waals surface area (Å²) < 4.78 is 5.39. The first-order valence-electron chi connectivity index (χ1n) is 6.99. The standard InChI is InChI=1S/C15H19N3OS/c1-10-4-2-3-5-13(10)20-9-14-17-15(19-18-14)11-6-7-12(16)8-11/h2-5,11-12H,6-9,16H2,1H3/t11-,12+/m1/s1. The molecule has 20 heavy (non-hydrogen) atoms. The fourth-order valence-corrected chi connectivity index (χ4v) is 3.47. The lowest BCUT2D eigenvalue weighted by Crippen LogP contribution is -2.14. The van der Waals surface area contributed by atoms with Gasteiger partial charge in [-0.25, -0.2) is 0 Å². The highest BCUT2D eigenvalue weighted by Gasteiger charge is 2.27. The number of nitrogens with two attached hydrogens (primary N) is 1. The molecule has 0 saturated heterocycles. The molecule has 1 fully saturated rings. The maximum atomic E-state index is 5.93. The highest BCUT2D eigenvalue weighted by molar-refractivity contribution is 7.98. The second-order valence-electron chi connectivity index (χ2n) is 5.37. The SMILES string of the molecule is Cc1ccccc1SCc1noc([C@@H]2CC[C@H](N)C2)n1. The van der Waals surface area contributed by atoms with Crippen LogP contribution >= 0.6 is 11.8 Å². The van der Waals surface area contributed by atoms with Crippen molar-refractivity contribution in [2.75, 3.05) is 0 Å². The van der Waals surface area contributed by atoms with E-state index in [0.29, 0.717) is 5.92 Å². The Morgan fingerprint density at radius 2 is 2.20 bits per heavy atom. The molecule has 1 aromatic heterocycles. The molecule has 1 aliphatic rings. The van der Waals surface area contributed by atoms with Crippen molar-refractivity contribution in [1.29, 1.82) is 0 Å². The van der Waals surface area contributed by atoms with Crippen LogP contribution in [-0.2, 0) is 5.75 Å². The van der Waals surface area contributed by atoms with E-state index in [2.05, 4.69) is 41.3 Å².